The number of carbonyl (C=O) groups excluding carboxylic acids is 1. The minimum absolute atomic E-state index is 0.0887. The number of hydrogen-bond donors (Lipinski definition) is 3. The Kier molecular flexibility index (Phi) is 6.02. The molecule has 2 aromatic carbocycles. The van der Waals surface area contributed by atoms with Gasteiger partial charge in [0.15, 0.2) is 0 Å². The summed E-state index contributed by atoms with van der Waals surface area (Å²) in [5.41, 5.74) is 6.79. The van der Waals surface area contributed by atoms with Crippen LogP contribution in [0.5, 0.6) is 0 Å². The number of benzene rings is 2. The number of hydrogen-bond acceptors (Lipinski definition) is 3. The molecule has 5 heteroatoms. The molecule has 2 aromatic rings. The second-order valence-corrected chi connectivity index (χ2v) is 6.75. The average molecular weight is 340 g/mol. The zero-order valence-electron chi connectivity index (χ0n) is 14.7. The molecule has 3 rings (SSSR count). The van der Waals surface area contributed by atoms with E-state index in [0.29, 0.717) is 13.1 Å². The summed E-state index contributed by atoms with van der Waals surface area (Å²) in [5, 5.41) is 5.53. The molecule has 1 saturated heterocycles. The number of amides is 1. The van der Waals surface area contributed by atoms with Crippen molar-refractivity contribution >= 4 is 16.7 Å². The monoisotopic (exact) mass is 340 g/mol. The fourth-order valence-corrected chi connectivity index (χ4v) is 3.53. The van der Waals surface area contributed by atoms with Crippen molar-refractivity contribution in [3.8, 4) is 0 Å². The van der Waals surface area contributed by atoms with Gasteiger partial charge in [0.2, 0.25) is 5.91 Å². The van der Waals surface area contributed by atoms with Gasteiger partial charge in [-0.05, 0) is 29.3 Å². The van der Waals surface area contributed by atoms with Gasteiger partial charge in [-0.1, -0.05) is 42.5 Å². The lowest BCUT2D eigenvalue weighted by atomic mass is 10.0. The van der Waals surface area contributed by atoms with Crippen LogP contribution in [0.2, 0.25) is 0 Å². The quantitative estimate of drug-likeness (QED) is 0.657. The molecule has 0 saturated carbocycles. The van der Waals surface area contributed by atoms with Crippen LogP contribution in [-0.2, 0) is 11.3 Å². The molecule has 0 bridgehead atoms. The highest BCUT2D eigenvalue weighted by atomic mass is 16.2. The molecule has 0 aromatic heterocycles. The molecule has 4 N–H and O–H groups in total. The summed E-state index contributed by atoms with van der Waals surface area (Å²) in [6, 6.07) is 14.4. The molecule has 5 nitrogen and oxygen atoms in total. The molecule has 2 atom stereocenters. The zero-order valence-corrected chi connectivity index (χ0v) is 14.7. The predicted molar refractivity (Wildman–Crippen MR) is 101 cm³/mol. The smallest absolute Gasteiger partial charge is 0.243 e. The van der Waals surface area contributed by atoms with E-state index in [0.717, 1.165) is 43.1 Å². The highest BCUT2D eigenvalue weighted by molar-refractivity contribution is 5.87. The number of nitrogens with zero attached hydrogens (tertiary/aromatic N) is 1. The highest BCUT2D eigenvalue weighted by Gasteiger charge is 2.31. The predicted octanol–water partition coefficient (Wildman–Crippen LogP) is 0.165. The number of quaternary nitrogens is 1. The van der Waals surface area contributed by atoms with Crippen LogP contribution < -0.4 is 16.0 Å². The summed E-state index contributed by atoms with van der Waals surface area (Å²) < 4.78 is 0. The average Bonchev–Trinajstić information content (AvgIpc) is 2.65. The van der Waals surface area contributed by atoms with E-state index < -0.39 is 0 Å². The van der Waals surface area contributed by atoms with E-state index in [4.69, 9.17) is 5.73 Å². The second kappa shape index (κ2) is 8.43. The van der Waals surface area contributed by atoms with E-state index in [2.05, 4.69) is 41.5 Å². The fraction of sp³-hybridized carbons (Fsp3) is 0.400. The van der Waals surface area contributed by atoms with Crippen molar-refractivity contribution in [2.45, 2.75) is 19.0 Å². The maximum Gasteiger partial charge on any atom is 0.243 e. The molecule has 1 amide bonds. The number of piperazine rings is 1. The Bertz CT molecular complexity index is 710. The molecule has 1 aliphatic heterocycles. The van der Waals surface area contributed by atoms with Gasteiger partial charge in [-0.3, -0.25) is 9.69 Å². The van der Waals surface area contributed by atoms with Crippen molar-refractivity contribution in [1.29, 1.82) is 0 Å². The maximum atomic E-state index is 12.8. The van der Waals surface area contributed by atoms with Gasteiger partial charge < -0.3 is 16.0 Å². The van der Waals surface area contributed by atoms with Crippen LogP contribution >= 0.6 is 0 Å². The third-order valence-corrected chi connectivity index (χ3v) is 4.96. The van der Waals surface area contributed by atoms with Crippen molar-refractivity contribution < 1.29 is 9.69 Å². The number of nitrogens with one attached hydrogen (secondary N) is 2. The summed E-state index contributed by atoms with van der Waals surface area (Å²) in [4.78, 5) is 16.2. The Balaban J connectivity index is 1.67. The molecule has 1 heterocycles. The lowest BCUT2D eigenvalue weighted by Crippen LogP contribution is -3.11. The van der Waals surface area contributed by atoms with Gasteiger partial charge in [-0.15, -0.1) is 0 Å². The number of carbonyl (C=O) groups is 1. The highest BCUT2D eigenvalue weighted by Crippen LogP contribution is 2.18. The van der Waals surface area contributed by atoms with Gasteiger partial charge >= 0.3 is 0 Å². The molecule has 1 aliphatic rings. The first-order chi connectivity index (χ1) is 12.2. The molecule has 0 spiro atoms. The van der Waals surface area contributed by atoms with Gasteiger partial charge in [0, 0.05) is 19.6 Å². The Labute approximate surface area is 149 Å². The minimum atomic E-state index is -0.122. The number of nitrogens with two attached hydrogens (primary N) is 1. The first kappa shape index (κ1) is 17.9. The SMILES string of the molecule is [CH2-][NH+]1CCN(CCCN)C(C(=O)NCc2cccc3ccccc23)C1. The first-order valence-corrected chi connectivity index (χ1v) is 9.04. The van der Waals surface area contributed by atoms with E-state index >= 15 is 0 Å². The Morgan fingerprint density at radius 2 is 2.08 bits per heavy atom. The van der Waals surface area contributed by atoms with Crippen molar-refractivity contribution in [3.63, 3.8) is 0 Å². The summed E-state index contributed by atoms with van der Waals surface area (Å²) in [6.07, 6.45) is 0.916. The van der Waals surface area contributed by atoms with E-state index in [9.17, 15) is 4.79 Å². The van der Waals surface area contributed by atoms with Crippen LogP contribution in [0.1, 0.15) is 12.0 Å². The molecular formula is C20H28N4O. The summed E-state index contributed by atoms with van der Waals surface area (Å²) >= 11 is 0. The molecular weight excluding hydrogens is 312 g/mol. The minimum Gasteiger partial charge on any atom is -0.465 e. The van der Waals surface area contributed by atoms with Gasteiger partial charge in [-0.25, -0.2) is 0 Å². The fourth-order valence-electron chi connectivity index (χ4n) is 3.53. The van der Waals surface area contributed by atoms with Crippen LogP contribution in [-0.4, -0.2) is 49.6 Å². The van der Waals surface area contributed by atoms with Crippen molar-refractivity contribution in [1.82, 2.24) is 10.2 Å². The van der Waals surface area contributed by atoms with Crippen LogP contribution in [0.25, 0.3) is 10.8 Å². The van der Waals surface area contributed by atoms with Crippen molar-refractivity contribution in [2.24, 2.45) is 5.73 Å². The summed E-state index contributed by atoms with van der Waals surface area (Å²) in [7, 11) is 4.09. The van der Waals surface area contributed by atoms with Gasteiger partial charge in [0.1, 0.15) is 6.04 Å². The van der Waals surface area contributed by atoms with E-state index in [-0.39, 0.29) is 11.9 Å². The second-order valence-electron chi connectivity index (χ2n) is 6.75. The van der Waals surface area contributed by atoms with Crippen LogP contribution in [0.15, 0.2) is 42.5 Å². The summed E-state index contributed by atoms with van der Waals surface area (Å²) in [6.45, 7) is 4.68. The maximum absolute atomic E-state index is 12.8. The standard InChI is InChI=1S/C20H28N4O/c1-23-12-13-24(11-5-10-21)19(15-23)20(25)22-14-17-8-4-7-16-6-2-3-9-18(16)17/h2-4,6-9,19,23H,1,5,10-15,21H2,(H,22,25). The normalized spacial score (nSPS) is 21.4. The molecule has 134 valence electrons. The largest absolute Gasteiger partial charge is 0.465 e. The third-order valence-electron chi connectivity index (χ3n) is 4.96. The summed E-state index contributed by atoms with van der Waals surface area (Å²) in [5.74, 6) is 0.0887. The molecule has 1 fully saturated rings. The van der Waals surface area contributed by atoms with Gasteiger partial charge in [-0.2, -0.15) is 7.05 Å². The Morgan fingerprint density at radius 1 is 1.28 bits per heavy atom. The van der Waals surface area contributed by atoms with Gasteiger partial charge in [0.25, 0.3) is 0 Å². The van der Waals surface area contributed by atoms with Crippen LogP contribution in [0.4, 0.5) is 0 Å². The van der Waals surface area contributed by atoms with Crippen LogP contribution in [0.3, 0.4) is 0 Å². The topological polar surface area (TPSA) is 62.8 Å². The van der Waals surface area contributed by atoms with E-state index in [1.165, 1.54) is 10.8 Å². The lowest BCUT2D eigenvalue weighted by Gasteiger charge is -2.39. The van der Waals surface area contributed by atoms with E-state index in [1.807, 2.05) is 18.2 Å². The van der Waals surface area contributed by atoms with Gasteiger partial charge in [0.05, 0.1) is 13.1 Å². The van der Waals surface area contributed by atoms with Crippen molar-refractivity contribution in [2.75, 3.05) is 32.7 Å². The Hall–Kier alpha value is -1.95. The van der Waals surface area contributed by atoms with Crippen molar-refractivity contribution in [3.05, 3.63) is 55.1 Å². The third kappa shape index (κ3) is 4.37. The molecule has 2 unspecified atom stereocenters. The number of rotatable bonds is 6. The molecule has 0 aliphatic carbocycles. The molecule has 25 heavy (non-hydrogen) atoms. The number of fused-ring (bicyclic) bond motifs is 1. The van der Waals surface area contributed by atoms with E-state index in [1.54, 1.807) is 0 Å². The first-order valence-electron chi connectivity index (χ1n) is 9.04. The Morgan fingerprint density at radius 3 is 2.92 bits per heavy atom. The molecule has 0 radical (unpaired) electrons. The van der Waals surface area contributed by atoms with Crippen LogP contribution in [0, 0.1) is 7.05 Å². The lowest BCUT2D eigenvalue weighted by molar-refractivity contribution is -0.861. The zero-order chi connectivity index (χ0) is 17.6.